The van der Waals surface area contributed by atoms with Gasteiger partial charge in [0.05, 0.1) is 5.39 Å². The van der Waals surface area contributed by atoms with Gasteiger partial charge in [-0.3, -0.25) is 0 Å². The number of thiophene rings is 1. The number of rotatable bonds is 3. The summed E-state index contributed by atoms with van der Waals surface area (Å²) in [5, 5.41) is 9.05. The molecular weight excluding hydrogens is 330 g/mol. The summed E-state index contributed by atoms with van der Waals surface area (Å²) in [6, 6.07) is 10.3. The van der Waals surface area contributed by atoms with E-state index in [-0.39, 0.29) is 0 Å². The van der Waals surface area contributed by atoms with Crippen molar-refractivity contribution in [1.29, 1.82) is 0 Å². The SMILES string of the molecule is C[C@H]1CCCc2sc3nc(NCc4ccccc4)n4ncnc4c3c21. The number of nitrogens with zero attached hydrogens (tertiary/aromatic N) is 4. The first-order valence-electron chi connectivity index (χ1n) is 8.74. The maximum Gasteiger partial charge on any atom is 0.227 e. The van der Waals surface area contributed by atoms with Crippen LogP contribution < -0.4 is 5.32 Å². The topological polar surface area (TPSA) is 55.1 Å². The molecule has 0 bridgehead atoms. The number of fused-ring (bicyclic) bond motifs is 5. The van der Waals surface area contributed by atoms with Gasteiger partial charge in [-0.05, 0) is 36.3 Å². The number of anilines is 1. The van der Waals surface area contributed by atoms with Gasteiger partial charge in [-0.1, -0.05) is 37.3 Å². The van der Waals surface area contributed by atoms with Gasteiger partial charge in [0, 0.05) is 11.4 Å². The lowest BCUT2D eigenvalue weighted by Crippen LogP contribution is -2.08. The highest BCUT2D eigenvalue weighted by atomic mass is 32.1. The summed E-state index contributed by atoms with van der Waals surface area (Å²) in [6.45, 7) is 3.04. The van der Waals surface area contributed by atoms with Gasteiger partial charge in [0.25, 0.3) is 0 Å². The maximum atomic E-state index is 4.90. The van der Waals surface area contributed by atoms with E-state index >= 15 is 0 Å². The average Bonchev–Trinajstić information content (AvgIpc) is 3.25. The van der Waals surface area contributed by atoms with Crippen LogP contribution in [-0.4, -0.2) is 19.6 Å². The molecule has 1 aliphatic rings. The largest absolute Gasteiger partial charge is 0.350 e. The Labute approximate surface area is 149 Å². The molecule has 0 saturated heterocycles. The van der Waals surface area contributed by atoms with Crippen LogP contribution in [0.25, 0.3) is 15.9 Å². The zero-order chi connectivity index (χ0) is 16.8. The molecule has 1 aliphatic carbocycles. The van der Waals surface area contributed by atoms with Crippen molar-refractivity contribution in [2.45, 2.75) is 38.6 Å². The van der Waals surface area contributed by atoms with Gasteiger partial charge < -0.3 is 5.32 Å². The van der Waals surface area contributed by atoms with Crippen molar-refractivity contribution in [2.24, 2.45) is 0 Å². The summed E-state index contributed by atoms with van der Waals surface area (Å²) in [7, 11) is 0. The molecule has 4 aromatic rings. The van der Waals surface area contributed by atoms with Crippen molar-refractivity contribution in [3.8, 4) is 0 Å². The molecule has 5 rings (SSSR count). The third-order valence-electron chi connectivity index (χ3n) is 5.01. The van der Waals surface area contributed by atoms with Gasteiger partial charge in [0.1, 0.15) is 11.2 Å². The quantitative estimate of drug-likeness (QED) is 0.596. The van der Waals surface area contributed by atoms with E-state index in [2.05, 4.69) is 34.5 Å². The molecule has 0 radical (unpaired) electrons. The second-order valence-corrected chi connectivity index (χ2v) is 7.77. The van der Waals surface area contributed by atoms with Crippen LogP contribution in [0.5, 0.6) is 0 Å². The van der Waals surface area contributed by atoms with Crippen LogP contribution in [0.1, 0.15) is 41.7 Å². The van der Waals surface area contributed by atoms with Crippen molar-refractivity contribution in [3.05, 3.63) is 52.7 Å². The molecule has 1 aromatic carbocycles. The molecule has 0 fully saturated rings. The number of benzene rings is 1. The molecule has 0 aliphatic heterocycles. The highest BCUT2D eigenvalue weighted by Crippen LogP contribution is 2.43. The minimum atomic E-state index is 0.572. The van der Waals surface area contributed by atoms with E-state index in [1.54, 1.807) is 6.33 Å². The second-order valence-electron chi connectivity index (χ2n) is 6.68. The number of aromatic nitrogens is 4. The summed E-state index contributed by atoms with van der Waals surface area (Å²) in [6.07, 6.45) is 5.30. The minimum Gasteiger partial charge on any atom is -0.350 e. The Balaban J connectivity index is 1.63. The highest BCUT2D eigenvalue weighted by molar-refractivity contribution is 7.19. The van der Waals surface area contributed by atoms with Crippen LogP contribution in [0.4, 0.5) is 5.95 Å². The standard InChI is InChI=1S/C19H19N5S/c1-12-6-5-9-14-15(12)16-17-21-11-22-24(17)19(23-18(16)25-14)20-10-13-7-3-2-4-8-13/h2-4,7-8,11-12H,5-6,9-10H2,1H3,(H,20,23)/t12-/m0/s1. The summed E-state index contributed by atoms with van der Waals surface area (Å²) in [4.78, 5) is 12.0. The molecule has 5 nitrogen and oxygen atoms in total. The molecular formula is C19H19N5S. The van der Waals surface area contributed by atoms with E-state index in [9.17, 15) is 0 Å². The van der Waals surface area contributed by atoms with Gasteiger partial charge in [0.2, 0.25) is 5.95 Å². The molecule has 3 heterocycles. The van der Waals surface area contributed by atoms with Crippen molar-refractivity contribution in [2.75, 3.05) is 5.32 Å². The van der Waals surface area contributed by atoms with Crippen molar-refractivity contribution >= 4 is 33.1 Å². The van der Waals surface area contributed by atoms with Gasteiger partial charge in [-0.2, -0.15) is 9.61 Å². The van der Waals surface area contributed by atoms with E-state index in [0.29, 0.717) is 5.92 Å². The second kappa shape index (κ2) is 5.81. The zero-order valence-corrected chi connectivity index (χ0v) is 14.9. The summed E-state index contributed by atoms with van der Waals surface area (Å²) >= 11 is 1.83. The van der Waals surface area contributed by atoms with Crippen LogP contribution in [-0.2, 0) is 13.0 Å². The lowest BCUT2D eigenvalue weighted by molar-refractivity contribution is 0.602. The third kappa shape index (κ3) is 2.40. The molecule has 0 spiro atoms. The van der Waals surface area contributed by atoms with E-state index < -0.39 is 0 Å². The molecule has 0 amide bonds. The Morgan fingerprint density at radius 2 is 2.16 bits per heavy atom. The van der Waals surface area contributed by atoms with Crippen molar-refractivity contribution < 1.29 is 0 Å². The monoisotopic (exact) mass is 349 g/mol. The summed E-state index contributed by atoms with van der Waals surface area (Å²) < 4.78 is 1.85. The molecule has 0 unspecified atom stereocenters. The minimum absolute atomic E-state index is 0.572. The fraction of sp³-hybridized carbons (Fsp3) is 0.316. The predicted molar refractivity (Wildman–Crippen MR) is 101 cm³/mol. The molecule has 3 aromatic heterocycles. The van der Waals surface area contributed by atoms with Gasteiger partial charge in [-0.15, -0.1) is 11.3 Å². The van der Waals surface area contributed by atoms with E-state index in [0.717, 1.165) is 29.4 Å². The van der Waals surface area contributed by atoms with Gasteiger partial charge in [-0.25, -0.2) is 9.97 Å². The Bertz CT molecular complexity index is 1050. The first-order valence-corrected chi connectivity index (χ1v) is 9.55. The Kier molecular flexibility index (Phi) is 3.45. The lowest BCUT2D eigenvalue weighted by Gasteiger charge is -2.18. The van der Waals surface area contributed by atoms with Crippen molar-refractivity contribution in [3.63, 3.8) is 0 Å². The highest BCUT2D eigenvalue weighted by Gasteiger charge is 2.25. The number of hydrogen-bond donors (Lipinski definition) is 1. The molecule has 0 saturated carbocycles. The molecule has 126 valence electrons. The van der Waals surface area contributed by atoms with Crippen LogP contribution in [0.15, 0.2) is 36.7 Å². The Morgan fingerprint density at radius 1 is 1.28 bits per heavy atom. The molecule has 1 N–H and O–H groups in total. The van der Waals surface area contributed by atoms with E-state index in [4.69, 9.17) is 4.98 Å². The number of hydrogen-bond acceptors (Lipinski definition) is 5. The molecule has 1 atom stereocenters. The Hall–Kier alpha value is -2.47. The fourth-order valence-corrected chi connectivity index (χ4v) is 5.12. The zero-order valence-electron chi connectivity index (χ0n) is 14.1. The van der Waals surface area contributed by atoms with Gasteiger partial charge in [0.15, 0.2) is 5.65 Å². The van der Waals surface area contributed by atoms with Crippen LogP contribution in [0.3, 0.4) is 0 Å². The number of nitrogens with one attached hydrogen (secondary N) is 1. The van der Waals surface area contributed by atoms with E-state index in [1.807, 2.05) is 34.1 Å². The first kappa shape index (κ1) is 14.8. The number of aryl methyl sites for hydroxylation is 1. The third-order valence-corrected chi connectivity index (χ3v) is 6.17. The van der Waals surface area contributed by atoms with Crippen LogP contribution in [0.2, 0.25) is 0 Å². The summed E-state index contributed by atoms with van der Waals surface area (Å²) in [5.74, 6) is 1.33. The summed E-state index contributed by atoms with van der Waals surface area (Å²) in [5.41, 5.74) is 3.59. The maximum absolute atomic E-state index is 4.90. The lowest BCUT2D eigenvalue weighted by atomic mass is 9.87. The smallest absolute Gasteiger partial charge is 0.227 e. The van der Waals surface area contributed by atoms with E-state index in [1.165, 1.54) is 34.2 Å². The average molecular weight is 349 g/mol. The normalized spacial score (nSPS) is 17.1. The van der Waals surface area contributed by atoms with Gasteiger partial charge >= 0.3 is 0 Å². The van der Waals surface area contributed by atoms with Crippen LogP contribution >= 0.6 is 11.3 Å². The molecule has 25 heavy (non-hydrogen) atoms. The molecule has 6 heteroatoms. The van der Waals surface area contributed by atoms with Crippen molar-refractivity contribution in [1.82, 2.24) is 19.6 Å². The first-order chi connectivity index (χ1) is 12.3. The fourth-order valence-electron chi connectivity index (χ4n) is 3.79. The Morgan fingerprint density at radius 3 is 3.04 bits per heavy atom. The van der Waals surface area contributed by atoms with Crippen LogP contribution in [0, 0.1) is 0 Å². The predicted octanol–water partition coefficient (Wildman–Crippen LogP) is 4.39.